The van der Waals surface area contributed by atoms with Gasteiger partial charge in [-0.1, -0.05) is 6.92 Å². The Morgan fingerprint density at radius 1 is 1.73 bits per heavy atom. The fraction of sp³-hybridized carbons (Fsp3) is 0.500. The van der Waals surface area contributed by atoms with Crippen LogP contribution in [0.2, 0.25) is 0 Å². The van der Waals surface area contributed by atoms with E-state index in [4.69, 9.17) is 16.0 Å². The van der Waals surface area contributed by atoms with Gasteiger partial charge < -0.3 is 4.42 Å². The van der Waals surface area contributed by atoms with Gasteiger partial charge in [0.25, 0.3) is 0 Å². The molecule has 0 aliphatic heterocycles. The van der Waals surface area contributed by atoms with Crippen LogP contribution in [-0.4, -0.2) is 5.38 Å². The van der Waals surface area contributed by atoms with Crippen molar-refractivity contribution in [2.24, 2.45) is 0 Å². The molecule has 1 unspecified atom stereocenters. The molecule has 0 fully saturated rings. The maximum absolute atomic E-state index is 5.95. The molecule has 1 aromatic heterocycles. The minimum absolute atomic E-state index is 0.222. The second-order valence-electron chi connectivity index (χ2n) is 2.47. The lowest BCUT2D eigenvalue weighted by Crippen LogP contribution is -1.99. The molecule has 1 atom stereocenters. The first kappa shape index (κ1) is 9.14. The average molecular weight is 238 g/mol. The van der Waals surface area contributed by atoms with Crippen LogP contribution >= 0.6 is 27.5 Å². The lowest BCUT2D eigenvalue weighted by atomic mass is 10.1. The minimum atomic E-state index is 0.222. The molecule has 1 heterocycles. The van der Waals surface area contributed by atoms with Crippen LogP contribution in [0.1, 0.15) is 18.9 Å². The average Bonchev–Trinajstić information content (AvgIpc) is 2.35. The Morgan fingerprint density at radius 2 is 2.45 bits per heavy atom. The van der Waals surface area contributed by atoms with Crippen molar-refractivity contribution in [3.63, 3.8) is 0 Å². The molecular weight excluding hydrogens is 227 g/mol. The highest BCUT2D eigenvalue weighted by Crippen LogP contribution is 2.17. The zero-order valence-corrected chi connectivity index (χ0v) is 8.65. The van der Waals surface area contributed by atoms with Crippen LogP contribution in [0.4, 0.5) is 0 Å². The van der Waals surface area contributed by atoms with Crippen LogP contribution in [0.15, 0.2) is 21.4 Å². The van der Waals surface area contributed by atoms with E-state index in [-0.39, 0.29) is 5.38 Å². The van der Waals surface area contributed by atoms with Crippen molar-refractivity contribution in [3.05, 3.63) is 22.6 Å². The molecule has 0 amide bonds. The van der Waals surface area contributed by atoms with Crippen LogP contribution in [0, 0.1) is 0 Å². The summed E-state index contributed by atoms with van der Waals surface area (Å²) in [7, 11) is 0. The van der Waals surface area contributed by atoms with Crippen LogP contribution < -0.4 is 0 Å². The summed E-state index contributed by atoms with van der Waals surface area (Å²) < 4.78 is 5.84. The molecule has 0 saturated carbocycles. The largest absolute Gasteiger partial charge is 0.457 e. The Hall–Kier alpha value is 0.0500. The molecule has 62 valence electrons. The summed E-state index contributed by atoms with van der Waals surface area (Å²) in [5.74, 6) is 0. The van der Waals surface area contributed by atoms with Gasteiger partial charge in [0, 0.05) is 5.38 Å². The highest BCUT2D eigenvalue weighted by molar-refractivity contribution is 9.10. The summed E-state index contributed by atoms with van der Waals surface area (Å²) in [6.07, 6.45) is 3.60. The van der Waals surface area contributed by atoms with E-state index in [0.29, 0.717) is 0 Å². The molecule has 1 aromatic rings. The molecule has 0 aliphatic carbocycles. The molecule has 1 rings (SSSR count). The predicted molar refractivity (Wildman–Crippen MR) is 50.0 cm³/mol. The van der Waals surface area contributed by atoms with Crippen molar-refractivity contribution in [1.82, 2.24) is 0 Å². The Balaban J connectivity index is 2.50. The van der Waals surface area contributed by atoms with Crippen molar-refractivity contribution >= 4 is 27.5 Å². The Kier molecular flexibility index (Phi) is 3.46. The molecule has 0 saturated heterocycles. The first-order valence-electron chi connectivity index (χ1n) is 3.59. The normalized spacial score (nSPS) is 13.4. The predicted octanol–water partition coefficient (Wildman–Crippen LogP) is 3.60. The second-order valence-corrected chi connectivity index (χ2v) is 3.87. The van der Waals surface area contributed by atoms with Gasteiger partial charge >= 0.3 is 0 Å². The lowest BCUT2D eigenvalue weighted by Gasteiger charge is -2.01. The van der Waals surface area contributed by atoms with E-state index in [0.717, 1.165) is 23.1 Å². The minimum Gasteiger partial charge on any atom is -0.457 e. The van der Waals surface area contributed by atoms with E-state index in [1.807, 2.05) is 6.07 Å². The van der Waals surface area contributed by atoms with E-state index in [2.05, 4.69) is 22.9 Å². The summed E-state index contributed by atoms with van der Waals surface area (Å²) in [4.78, 5) is 0. The van der Waals surface area contributed by atoms with Crippen molar-refractivity contribution in [3.8, 4) is 0 Å². The topological polar surface area (TPSA) is 13.1 Å². The molecule has 0 bridgehead atoms. The fourth-order valence-electron chi connectivity index (χ4n) is 0.853. The maximum atomic E-state index is 5.95. The van der Waals surface area contributed by atoms with Crippen LogP contribution in [0.5, 0.6) is 0 Å². The van der Waals surface area contributed by atoms with Crippen LogP contribution in [0.3, 0.4) is 0 Å². The van der Waals surface area contributed by atoms with Crippen molar-refractivity contribution < 1.29 is 4.42 Å². The fourth-order valence-corrected chi connectivity index (χ4v) is 1.42. The first-order chi connectivity index (χ1) is 5.22. The lowest BCUT2D eigenvalue weighted by molar-refractivity contribution is 0.538. The highest BCUT2D eigenvalue weighted by atomic mass is 79.9. The zero-order valence-electron chi connectivity index (χ0n) is 6.31. The van der Waals surface area contributed by atoms with Gasteiger partial charge in [-0.15, -0.1) is 11.6 Å². The van der Waals surface area contributed by atoms with Crippen molar-refractivity contribution in [1.29, 1.82) is 0 Å². The highest BCUT2D eigenvalue weighted by Gasteiger charge is 2.05. The van der Waals surface area contributed by atoms with Gasteiger partial charge in [-0.05, 0) is 40.4 Å². The third-order valence-electron chi connectivity index (χ3n) is 1.52. The van der Waals surface area contributed by atoms with Crippen LogP contribution in [0.25, 0.3) is 0 Å². The molecule has 0 spiro atoms. The Bertz CT molecular complexity index is 222. The summed E-state index contributed by atoms with van der Waals surface area (Å²) >= 11 is 9.19. The number of hydrogen-bond acceptors (Lipinski definition) is 1. The van der Waals surface area contributed by atoms with Gasteiger partial charge in [0.15, 0.2) is 4.67 Å². The second kappa shape index (κ2) is 4.17. The molecule has 1 nitrogen and oxygen atoms in total. The standard InChI is InChI=1S/C8H10BrClO/c1-2-7(10)3-6-4-8(9)11-5-6/h4-5,7H,2-3H2,1H3. The number of rotatable bonds is 3. The third-order valence-corrected chi connectivity index (χ3v) is 2.40. The van der Waals surface area contributed by atoms with E-state index in [9.17, 15) is 0 Å². The molecule has 0 radical (unpaired) electrons. The van der Waals surface area contributed by atoms with E-state index in [1.54, 1.807) is 6.26 Å². The van der Waals surface area contributed by atoms with E-state index in [1.165, 1.54) is 0 Å². The van der Waals surface area contributed by atoms with Gasteiger partial charge in [-0.3, -0.25) is 0 Å². The number of halogens is 2. The maximum Gasteiger partial charge on any atom is 0.169 e. The summed E-state index contributed by atoms with van der Waals surface area (Å²) in [5, 5.41) is 0.222. The van der Waals surface area contributed by atoms with Gasteiger partial charge in [0.2, 0.25) is 0 Å². The zero-order chi connectivity index (χ0) is 8.27. The van der Waals surface area contributed by atoms with Crippen molar-refractivity contribution in [2.75, 3.05) is 0 Å². The quantitative estimate of drug-likeness (QED) is 0.732. The number of hydrogen-bond donors (Lipinski definition) is 0. The molecular formula is C8H10BrClO. The summed E-state index contributed by atoms with van der Waals surface area (Å²) in [6, 6.07) is 1.95. The Morgan fingerprint density at radius 3 is 2.91 bits per heavy atom. The monoisotopic (exact) mass is 236 g/mol. The van der Waals surface area contributed by atoms with Gasteiger partial charge in [0.1, 0.15) is 0 Å². The Labute approximate surface area is 79.9 Å². The summed E-state index contributed by atoms with van der Waals surface area (Å²) in [6.45, 7) is 2.08. The molecule has 0 N–H and O–H groups in total. The van der Waals surface area contributed by atoms with Gasteiger partial charge in [0.05, 0.1) is 6.26 Å². The number of furan rings is 1. The third kappa shape index (κ3) is 2.88. The van der Waals surface area contributed by atoms with Crippen LogP contribution in [-0.2, 0) is 6.42 Å². The van der Waals surface area contributed by atoms with Gasteiger partial charge in [-0.2, -0.15) is 0 Å². The summed E-state index contributed by atoms with van der Waals surface area (Å²) in [5.41, 5.74) is 1.15. The van der Waals surface area contributed by atoms with Crippen molar-refractivity contribution in [2.45, 2.75) is 25.1 Å². The van der Waals surface area contributed by atoms with E-state index >= 15 is 0 Å². The van der Waals surface area contributed by atoms with E-state index < -0.39 is 0 Å². The molecule has 0 aliphatic rings. The molecule has 3 heteroatoms. The SMILES string of the molecule is CCC(Cl)Cc1coc(Br)c1. The first-order valence-corrected chi connectivity index (χ1v) is 4.82. The smallest absolute Gasteiger partial charge is 0.169 e. The van der Waals surface area contributed by atoms with Gasteiger partial charge in [-0.25, -0.2) is 0 Å². The molecule has 0 aromatic carbocycles. The molecule has 11 heavy (non-hydrogen) atoms. The number of alkyl halides is 1.